The fraction of sp³-hybridized carbons (Fsp3) is 0. The summed E-state index contributed by atoms with van der Waals surface area (Å²) in [4.78, 5) is 43.0. The first-order chi connectivity index (χ1) is 28.5. The van der Waals surface area contributed by atoms with Gasteiger partial charge in [-0.3, -0.25) is 24.5 Å². The molecule has 0 unspecified atom stereocenters. The molecule has 0 saturated carbocycles. The lowest BCUT2D eigenvalue weighted by Crippen LogP contribution is -2.30. The molecule has 0 saturated heterocycles. The first kappa shape index (κ1) is 36.5. The minimum atomic E-state index is -0.329. The van der Waals surface area contributed by atoms with Gasteiger partial charge in [-0.15, -0.1) is 0 Å². The number of hydrogen-bond donors (Lipinski definition) is 4. The van der Waals surface area contributed by atoms with E-state index >= 15 is 0 Å². The Kier molecular flexibility index (Phi) is 10.9. The lowest BCUT2D eigenvalue weighted by molar-refractivity contribution is -0.595. The number of nitrogens with one attached hydrogen (secondary N) is 4. The summed E-state index contributed by atoms with van der Waals surface area (Å²) in [6.45, 7) is 0. The van der Waals surface area contributed by atoms with Crippen LogP contribution in [0.15, 0.2) is 183 Å². The van der Waals surface area contributed by atoms with E-state index in [4.69, 9.17) is 9.47 Å². The monoisotopic (exact) mass is 764 g/mol. The van der Waals surface area contributed by atoms with Gasteiger partial charge in [0.15, 0.2) is 12.4 Å². The van der Waals surface area contributed by atoms with Crippen LogP contribution >= 0.6 is 0 Å². The molecular formula is C45H34N9O4+. The highest BCUT2D eigenvalue weighted by Crippen LogP contribution is 2.27. The smallest absolute Gasteiger partial charge is 0.256 e. The largest absolute Gasteiger partial charge is 0.457 e. The molecule has 0 fully saturated rings. The topological polar surface area (TPSA) is 156 Å². The number of pyridine rings is 5. The fourth-order valence-electron chi connectivity index (χ4n) is 5.82. The predicted molar refractivity (Wildman–Crippen MR) is 220 cm³/mol. The Balaban J connectivity index is 0.897. The van der Waals surface area contributed by atoms with E-state index in [1.165, 1.54) is 0 Å². The van der Waals surface area contributed by atoms with Crippen molar-refractivity contribution in [3.8, 4) is 28.7 Å². The molecule has 13 nitrogen and oxygen atoms in total. The van der Waals surface area contributed by atoms with E-state index in [9.17, 15) is 9.59 Å². The summed E-state index contributed by atoms with van der Waals surface area (Å²) in [5.74, 6) is 2.06. The number of aromatic nitrogens is 5. The van der Waals surface area contributed by atoms with Crippen molar-refractivity contribution in [2.75, 3.05) is 21.3 Å². The highest BCUT2D eigenvalue weighted by atomic mass is 16.5. The summed E-state index contributed by atoms with van der Waals surface area (Å²) in [5, 5.41) is 12.5. The second-order valence-corrected chi connectivity index (χ2v) is 12.7. The van der Waals surface area contributed by atoms with Gasteiger partial charge in [0.2, 0.25) is 0 Å². The van der Waals surface area contributed by atoms with Crippen molar-refractivity contribution in [3.63, 3.8) is 0 Å². The summed E-state index contributed by atoms with van der Waals surface area (Å²) in [6, 6.07) is 37.7. The van der Waals surface area contributed by atoms with Crippen LogP contribution in [0.4, 0.5) is 34.3 Å². The van der Waals surface area contributed by atoms with Crippen LogP contribution in [-0.4, -0.2) is 31.8 Å². The normalized spacial score (nSPS) is 10.6. The van der Waals surface area contributed by atoms with E-state index < -0.39 is 0 Å². The molecule has 8 aromatic rings. The van der Waals surface area contributed by atoms with Gasteiger partial charge in [-0.1, -0.05) is 18.2 Å². The fourth-order valence-corrected chi connectivity index (χ4v) is 5.82. The first-order valence-electron chi connectivity index (χ1n) is 18.1. The number of carbonyl (C=O) groups is 2. The van der Waals surface area contributed by atoms with Crippen molar-refractivity contribution >= 4 is 46.1 Å². The van der Waals surface area contributed by atoms with Crippen molar-refractivity contribution in [1.82, 2.24) is 19.9 Å². The SMILES string of the molecule is O=C(Nc1cccc(Oc2cc[n+](-c3cnccc3Nc3cccc(C(=O)Nc4cc(Oc5ccncc5)ccn4)c3)cc2)c1)c1cccc(Nc2ccncc2)c1. The van der Waals surface area contributed by atoms with Crippen molar-refractivity contribution in [1.29, 1.82) is 0 Å². The zero-order chi connectivity index (χ0) is 39.5. The van der Waals surface area contributed by atoms with Crippen molar-refractivity contribution < 1.29 is 23.6 Å². The molecule has 5 heterocycles. The standard InChI is InChI=1S/C45H33N9O4/c55-44(31-4-1-6-34(26-31)50-33-10-18-46-19-11-33)52-36-8-3-9-39(28-36)58-38-16-24-54(25-17-38)42-30-48-22-15-41(42)51-35-7-2-5-32(27-35)45(56)53-43-29-40(14-23-49-43)57-37-12-20-47-21-13-37/h1-30H,(H3-,46,48,49,50,51,52,53,55,56)/p+1. The highest BCUT2D eigenvalue weighted by molar-refractivity contribution is 6.05. The Bertz CT molecular complexity index is 2680. The zero-order valence-corrected chi connectivity index (χ0v) is 30.7. The maximum atomic E-state index is 13.3. The molecule has 0 spiro atoms. The van der Waals surface area contributed by atoms with E-state index in [0.29, 0.717) is 51.3 Å². The summed E-state index contributed by atoms with van der Waals surface area (Å²) >= 11 is 0. The van der Waals surface area contributed by atoms with Crippen molar-refractivity contribution in [2.24, 2.45) is 0 Å². The molecular weight excluding hydrogens is 731 g/mol. The lowest BCUT2D eigenvalue weighted by atomic mass is 10.1. The first-order valence-corrected chi connectivity index (χ1v) is 18.1. The van der Waals surface area contributed by atoms with Crippen molar-refractivity contribution in [2.45, 2.75) is 0 Å². The predicted octanol–water partition coefficient (Wildman–Crippen LogP) is 9.12. The van der Waals surface area contributed by atoms with Crippen LogP contribution in [0, 0.1) is 0 Å². The number of rotatable bonds is 13. The maximum absolute atomic E-state index is 13.3. The van der Waals surface area contributed by atoms with Gasteiger partial charge in [0, 0.05) is 95.3 Å². The molecule has 5 aromatic heterocycles. The molecule has 0 aliphatic rings. The molecule has 0 atom stereocenters. The van der Waals surface area contributed by atoms with Crippen LogP contribution in [0.3, 0.4) is 0 Å². The minimum Gasteiger partial charge on any atom is -0.457 e. The van der Waals surface area contributed by atoms with Gasteiger partial charge in [-0.05, 0) is 84.9 Å². The molecule has 8 rings (SSSR count). The third-order valence-corrected chi connectivity index (χ3v) is 8.56. The molecule has 13 heteroatoms. The summed E-state index contributed by atoms with van der Waals surface area (Å²) < 4.78 is 13.9. The third kappa shape index (κ3) is 9.43. The van der Waals surface area contributed by atoms with Crippen LogP contribution in [0.2, 0.25) is 0 Å². The van der Waals surface area contributed by atoms with E-state index in [1.807, 2.05) is 77.6 Å². The van der Waals surface area contributed by atoms with Crippen LogP contribution < -0.4 is 35.3 Å². The highest BCUT2D eigenvalue weighted by Gasteiger charge is 2.16. The van der Waals surface area contributed by atoms with Gasteiger partial charge in [-0.2, -0.15) is 4.57 Å². The Morgan fingerprint density at radius 3 is 1.81 bits per heavy atom. The van der Waals surface area contributed by atoms with E-state index in [2.05, 4.69) is 41.2 Å². The molecule has 2 amide bonds. The van der Waals surface area contributed by atoms with Gasteiger partial charge >= 0.3 is 0 Å². The zero-order valence-electron chi connectivity index (χ0n) is 30.7. The van der Waals surface area contributed by atoms with E-state index in [1.54, 1.807) is 110 Å². The number of anilines is 6. The average molecular weight is 765 g/mol. The quantitative estimate of drug-likeness (QED) is 0.0836. The molecule has 0 aliphatic heterocycles. The third-order valence-electron chi connectivity index (χ3n) is 8.56. The molecule has 0 bridgehead atoms. The van der Waals surface area contributed by atoms with Gasteiger partial charge in [0.25, 0.3) is 17.5 Å². The molecule has 0 aliphatic carbocycles. The molecule has 3 aromatic carbocycles. The summed E-state index contributed by atoms with van der Waals surface area (Å²) in [6.07, 6.45) is 15.4. The molecule has 58 heavy (non-hydrogen) atoms. The second-order valence-electron chi connectivity index (χ2n) is 12.7. The Labute approximate surface area is 333 Å². The van der Waals surface area contributed by atoms with Gasteiger partial charge in [0.1, 0.15) is 40.7 Å². The minimum absolute atomic E-state index is 0.251. The van der Waals surface area contributed by atoms with E-state index in [-0.39, 0.29) is 11.8 Å². The molecule has 282 valence electrons. The van der Waals surface area contributed by atoms with Gasteiger partial charge in [0.05, 0.1) is 0 Å². The Morgan fingerprint density at radius 2 is 1.07 bits per heavy atom. The Hall–Kier alpha value is -8.45. The second kappa shape index (κ2) is 17.3. The molecule has 4 N–H and O–H groups in total. The van der Waals surface area contributed by atoms with Crippen LogP contribution in [0.5, 0.6) is 23.0 Å². The van der Waals surface area contributed by atoms with Gasteiger partial charge < -0.3 is 30.7 Å². The number of benzene rings is 3. The van der Waals surface area contributed by atoms with Crippen LogP contribution in [-0.2, 0) is 0 Å². The number of amides is 2. The van der Waals surface area contributed by atoms with Crippen molar-refractivity contribution in [3.05, 3.63) is 194 Å². The van der Waals surface area contributed by atoms with E-state index in [0.717, 1.165) is 22.7 Å². The average Bonchev–Trinajstić information content (AvgIpc) is 3.25. The Morgan fingerprint density at radius 1 is 0.483 bits per heavy atom. The maximum Gasteiger partial charge on any atom is 0.256 e. The number of nitrogens with zero attached hydrogens (tertiary/aromatic N) is 5. The number of hydrogen-bond acceptors (Lipinski definition) is 10. The molecule has 0 radical (unpaired) electrons. The summed E-state index contributed by atoms with van der Waals surface area (Å²) in [7, 11) is 0. The lowest BCUT2D eigenvalue weighted by Gasteiger charge is -2.11. The van der Waals surface area contributed by atoms with Gasteiger partial charge in [-0.25, -0.2) is 4.98 Å². The number of ether oxygens (including phenoxy) is 2. The number of carbonyl (C=O) groups excluding carboxylic acids is 2. The van der Waals surface area contributed by atoms with Crippen LogP contribution in [0.1, 0.15) is 20.7 Å². The summed E-state index contributed by atoms with van der Waals surface area (Å²) in [5.41, 5.74) is 5.41. The van der Waals surface area contributed by atoms with Crippen LogP contribution in [0.25, 0.3) is 5.69 Å².